The maximum Gasteiger partial charge on any atom is 0.255 e. The van der Waals surface area contributed by atoms with E-state index >= 15 is 0 Å². The summed E-state index contributed by atoms with van der Waals surface area (Å²) in [5.41, 5.74) is 0.912. The van der Waals surface area contributed by atoms with Gasteiger partial charge in [-0.15, -0.1) is 0 Å². The zero-order valence-corrected chi connectivity index (χ0v) is 8.55. The second-order valence-electron chi connectivity index (χ2n) is 3.35. The molecule has 78 valence electrons. The second-order valence-corrected chi connectivity index (χ2v) is 3.35. The van der Waals surface area contributed by atoms with Crippen molar-refractivity contribution in [2.75, 3.05) is 5.01 Å². The molecule has 2 heterocycles. The van der Waals surface area contributed by atoms with Crippen molar-refractivity contribution in [2.45, 2.75) is 26.2 Å². The van der Waals surface area contributed by atoms with Crippen LogP contribution < -0.4 is 5.01 Å². The van der Waals surface area contributed by atoms with Crippen molar-refractivity contribution >= 4 is 17.6 Å². The topological polar surface area (TPSA) is 58.5 Å². The summed E-state index contributed by atoms with van der Waals surface area (Å²) in [6.45, 7) is 2.06. The van der Waals surface area contributed by atoms with Crippen LogP contribution in [0.15, 0.2) is 23.6 Å². The summed E-state index contributed by atoms with van der Waals surface area (Å²) >= 11 is 0. The lowest BCUT2D eigenvalue weighted by atomic mass is 10.2. The molecule has 1 aliphatic heterocycles. The predicted molar refractivity (Wildman–Crippen MR) is 56.5 cm³/mol. The Morgan fingerprint density at radius 2 is 2.13 bits per heavy atom. The molecule has 0 N–H and O–H groups in total. The molecular weight excluding hydrogens is 192 g/mol. The van der Waals surface area contributed by atoms with Crippen LogP contribution in [0.1, 0.15) is 26.2 Å². The molecule has 0 saturated heterocycles. The molecule has 1 aliphatic rings. The molecule has 1 aromatic heterocycles. The first-order valence-electron chi connectivity index (χ1n) is 4.97. The Labute approximate surface area is 87.8 Å². The number of hydrogen-bond acceptors (Lipinski definition) is 4. The minimum atomic E-state index is -0.0512. The fraction of sp³-hybridized carbons (Fsp3) is 0.400. The Morgan fingerprint density at radius 1 is 1.40 bits per heavy atom. The zero-order chi connectivity index (χ0) is 10.7. The SMILES string of the molecule is CCCC1=NN(c2ncccn2)C(=O)C1. The van der Waals surface area contributed by atoms with E-state index in [9.17, 15) is 4.79 Å². The number of hydrogen-bond donors (Lipinski definition) is 0. The highest BCUT2D eigenvalue weighted by Crippen LogP contribution is 2.16. The van der Waals surface area contributed by atoms with Gasteiger partial charge in [0.05, 0.1) is 6.42 Å². The Kier molecular flexibility index (Phi) is 2.71. The molecule has 0 unspecified atom stereocenters. The van der Waals surface area contributed by atoms with Crippen molar-refractivity contribution in [1.29, 1.82) is 0 Å². The molecule has 1 aromatic rings. The van der Waals surface area contributed by atoms with Crippen LogP contribution >= 0.6 is 0 Å². The number of carbonyl (C=O) groups excluding carboxylic acids is 1. The van der Waals surface area contributed by atoms with E-state index in [4.69, 9.17) is 0 Å². The quantitative estimate of drug-likeness (QED) is 0.747. The molecule has 2 rings (SSSR count). The zero-order valence-electron chi connectivity index (χ0n) is 8.55. The Morgan fingerprint density at radius 3 is 2.80 bits per heavy atom. The lowest BCUT2D eigenvalue weighted by Crippen LogP contribution is -2.21. The van der Waals surface area contributed by atoms with Gasteiger partial charge in [0.1, 0.15) is 0 Å². The van der Waals surface area contributed by atoms with Crippen LogP contribution in [0.2, 0.25) is 0 Å². The summed E-state index contributed by atoms with van der Waals surface area (Å²) in [6, 6.07) is 1.71. The molecule has 0 saturated carbocycles. The molecule has 0 radical (unpaired) electrons. The second kappa shape index (κ2) is 4.16. The summed E-state index contributed by atoms with van der Waals surface area (Å²) in [7, 11) is 0. The number of amides is 1. The molecule has 0 spiro atoms. The third kappa shape index (κ3) is 2.01. The largest absolute Gasteiger partial charge is 0.272 e. The molecule has 15 heavy (non-hydrogen) atoms. The van der Waals surface area contributed by atoms with E-state index in [2.05, 4.69) is 22.0 Å². The fourth-order valence-corrected chi connectivity index (χ4v) is 1.47. The summed E-state index contributed by atoms with van der Waals surface area (Å²) in [4.78, 5) is 19.6. The third-order valence-electron chi connectivity index (χ3n) is 2.11. The van der Waals surface area contributed by atoms with Crippen LogP contribution in [-0.4, -0.2) is 21.6 Å². The molecule has 5 heteroatoms. The van der Waals surface area contributed by atoms with E-state index in [0.29, 0.717) is 12.4 Å². The van der Waals surface area contributed by atoms with Crippen molar-refractivity contribution < 1.29 is 4.79 Å². The summed E-state index contributed by atoms with van der Waals surface area (Å²) in [6.07, 6.45) is 5.45. The summed E-state index contributed by atoms with van der Waals surface area (Å²) < 4.78 is 0. The fourth-order valence-electron chi connectivity index (χ4n) is 1.47. The lowest BCUT2D eigenvalue weighted by molar-refractivity contribution is -0.117. The van der Waals surface area contributed by atoms with Crippen LogP contribution in [0, 0.1) is 0 Å². The predicted octanol–water partition coefficient (Wildman–Crippen LogP) is 1.37. The van der Waals surface area contributed by atoms with Crippen LogP contribution in [0.3, 0.4) is 0 Å². The van der Waals surface area contributed by atoms with Crippen LogP contribution in [0.5, 0.6) is 0 Å². The van der Waals surface area contributed by atoms with Crippen molar-refractivity contribution in [3.8, 4) is 0 Å². The van der Waals surface area contributed by atoms with E-state index in [1.54, 1.807) is 18.5 Å². The van der Waals surface area contributed by atoms with Crippen molar-refractivity contribution in [1.82, 2.24) is 9.97 Å². The molecule has 1 amide bonds. The van der Waals surface area contributed by atoms with Crippen molar-refractivity contribution in [3.05, 3.63) is 18.5 Å². The molecule has 5 nitrogen and oxygen atoms in total. The van der Waals surface area contributed by atoms with E-state index in [-0.39, 0.29) is 5.91 Å². The first-order valence-corrected chi connectivity index (χ1v) is 4.97. The van der Waals surface area contributed by atoms with Gasteiger partial charge in [-0.3, -0.25) is 4.79 Å². The average molecular weight is 204 g/mol. The normalized spacial score (nSPS) is 15.7. The minimum absolute atomic E-state index is 0.0512. The maximum absolute atomic E-state index is 11.6. The molecule has 0 fully saturated rings. The van der Waals surface area contributed by atoms with Gasteiger partial charge in [0.25, 0.3) is 11.9 Å². The van der Waals surface area contributed by atoms with Crippen molar-refractivity contribution in [3.63, 3.8) is 0 Å². The minimum Gasteiger partial charge on any atom is -0.272 e. The number of aromatic nitrogens is 2. The van der Waals surface area contributed by atoms with Gasteiger partial charge < -0.3 is 0 Å². The monoisotopic (exact) mass is 204 g/mol. The number of nitrogens with zero attached hydrogens (tertiary/aromatic N) is 4. The summed E-state index contributed by atoms with van der Waals surface area (Å²) in [5, 5.41) is 5.49. The summed E-state index contributed by atoms with van der Waals surface area (Å²) in [5.74, 6) is 0.304. The first-order chi connectivity index (χ1) is 7.31. The van der Waals surface area contributed by atoms with E-state index in [1.165, 1.54) is 5.01 Å². The molecule has 0 aromatic carbocycles. The standard InChI is InChI=1S/C10H12N4O/c1-2-4-8-7-9(15)14(13-8)10-11-5-3-6-12-10/h3,5-6H,2,4,7H2,1H3. The van der Waals surface area contributed by atoms with Crippen LogP contribution in [0.4, 0.5) is 5.95 Å². The van der Waals surface area contributed by atoms with E-state index < -0.39 is 0 Å². The number of carbonyl (C=O) groups is 1. The van der Waals surface area contributed by atoms with Crippen molar-refractivity contribution in [2.24, 2.45) is 5.10 Å². The van der Waals surface area contributed by atoms with Gasteiger partial charge in [-0.25, -0.2) is 9.97 Å². The van der Waals surface area contributed by atoms with Crippen LogP contribution in [0.25, 0.3) is 0 Å². The van der Waals surface area contributed by atoms with Gasteiger partial charge in [-0.1, -0.05) is 13.3 Å². The highest BCUT2D eigenvalue weighted by molar-refractivity contribution is 6.12. The number of hydrazone groups is 1. The Balaban J connectivity index is 2.20. The smallest absolute Gasteiger partial charge is 0.255 e. The highest BCUT2D eigenvalue weighted by atomic mass is 16.2. The van der Waals surface area contributed by atoms with Gasteiger partial charge >= 0.3 is 0 Å². The van der Waals surface area contributed by atoms with E-state index in [1.807, 2.05) is 0 Å². The maximum atomic E-state index is 11.6. The lowest BCUT2D eigenvalue weighted by Gasteiger charge is -2.07. The average Bonchev–Trinajstić information content (AvgIpc) is 2.61. The van der Waals surface area contributed by atoms with Gasteiger partial charge in [0, 0.05) is 18.1 Å². The molecular formula is C10H12N4O. The van der Waals surface area contributed by atoms with Gasteiger partial charge in [0.15, 0.2) is 0 Å². The van der Waals surface area contributed by atoms with Crippen LogP contribution in [-0.2, 0) is 4.79 Å². The van der Waals surface area contributed by atoms with Gasteiger partial charge in [-0.05, 0) is 12.5 Å². The Bertz CT molecular complexity index is 388. The van der Waals surface area contributed by atoms with E-state index in [0.717, 1.165) is 18.6 Å². The highest BCUT2D eigenvalue weighted by Gasteiger charge is 2.26. The molecule has 0 aliphatic carbocycles. The third-order valence-corrected chi connectivity index (χ3v) is 2.11. The van der Waals surface area contributed by atoms with Gasteiger partial charge in [-0.2, -0.15) is 10.1 Å². The number of rotatable bonds is 3. The number of anilines is 1. The molecule has 0 bridgehead atoms. The van der Waals surface area contributed by atoms with Gasteiger partial charge in [0.2, 0.25) is 0 Å². The Hall–Kier alpha value is -1.78. The molecule has 0 atom stereocenters. The first kappa shape index (κ1) is 9.76.